The first-order valence-electron chi connectivity index (χ1n) is 5.87. The van der Waals surface area contributed by atoms with E-state index in [1.54, 1.807) is 12.1 Å². The molecule has 0 aliphatic carbocycles. The molecule has 0 fully saturated rings. The van der Waals surface area contributed by atoms with Gasteiger partial charge in [-0.05, 0) is 18.6 Å². The highest BCUT2D eigenvalue weighted by Gasteiger charge is 2.13. The molecule has 9 heteroatoms. The van der Waals surface area contributed by atoms with Crippen LogP contribution in [0.3, 0.4) is 0 Å². The lowest BCUT2D eigenvalue weighted by Gasteiger charge is -2.06. The van der Waals surface area contributed by atoms with E-state index in [9.17, 15) is 14.9 Å². The van der Waals surface area contributed by atoms with Crippen molar-refractivity contribution in [1.82, 2.24) is 15.2 Å². The van der Waals surface area contributed by atoms with E-state index in [2.05, 4.69) is 36.4 Å². The third-order valence-corrected chi connectivity index (χ3v) is 3.10. The average Bonchev–Trinajstić information content (AvgIpc) is 2.80. The number of aromatic amines is 2. The van der Waals surface area contributed by atoms with Crippen molar-refractivity contribution in [2.45, 2.75) is 12.8 Å². The first-order valence-corrected chi connectivity index (χ1v) is 6.67. The molecule has 1 aromatic carbocycles. The van der Waals surface area contributed by atoms with Gasteiger partial charge in [-0.1, -0.05) is 15.9 Å². The van der Waals surface area contributed by atoms with Crippen molar-refractivity contribution in [3.63, 3.8) is 0 Å². The number of halogens is 1. The van der Waals surface area contributed by atoms with Crippen LogP contribution < -0.4 is 11.0 Å². The first-order chi connectivity index (χ1) is 9.56. The van der Waals surface area contributed by atoms with E-state index in [1.807, 2.05) is 0 Å². The Morgan fingerprint density at radius 1 is 1.45 bits per heavy atom. The smallest absolute Gasteiger partial charge is 0.340 e. The summed E-state index contributed by atoms with van der Waals surface area (Å²) in [7, 11) is 0. The van der Waals surface area contributed by atoms with E-state index in [0.717, 1.165) is 4.47 Å². The van der Waals surface area contributed by atoms with Crippen LogP contribution in [0.1, 0.15) is 12.2 Å². The molecule has 0 saturated carbocycles. The molecule has 0 radical (unpaired) electrons. The molecule has 3 N–H and O–H groups in total. The van der Waals surface area contributed by atoms with Crippen molar-refractivity contribution in [2.24, 2.45) is 0 Å². The highest BCUT2D eigenvalue weighted by atomic mass is 79.9. The predicted octanol–water partition coefficient (Wildman–Crippen LogP) is 1.81. The maximum Gasteiger partial charge on any atom is 0.340 e. The molecular formula is C11H12BrN5O3. The highest BCUT2D eigenvalue weighted by Crippen LogP contribution is 2.27. The summed E-state index contributed by atoms with van der Waals surface area (Å²) in [5.41, 5.74) is 0.150. The molecule has 8 nitrogen and oxygen atoms in total. The Morgan fingerprint density at radius 2 is 2.25 bits per heavy atom. The van der Waals surface area contributed by atoms with E-state index in [-0.39, 0.29) is 11.4 Å². The Bertz CT molecular complexity index is 666. The van der Waals surface area contributed by atoms with E-state index < -0.39 is 4.92 Å². The van der Waals surface area contributed by atoms with Crippen LogP contribution in [-0.2, 0) is 6.42 Å². The molecule has 2 rings (SSSR count). The monoisotopic (exact) mass is 341 g/mol. The maximum atomic E-state index is 10.9. The van der Waals surface area contributed by atoms with Crippen LogP contribution in [0.25, 0.3) is 0 Å². The van der Waals surface area contributed by atoms with Crippen molar-refractivity contribution in [3.8, 4) is 0 Å². The molecule has 0 atom stereocenters. The Balaban J connectivity index is 1.92. The van der Waals surface area contributed by atoms with Gasteiger partial charge in [-0.15, -0.1) is 0 Å². The fourth-order valence-corrected chi connectivity index (χ4v) is 2.07. The normalized spacial score (nSPS) is 10.4. The molecule has 2 aromatic rings. The SMILES string of the molecule is O=c1[nH]nc(CCCNc2cc(Br)ccc2[N+](=O)[O-])[nH]1. The quantitative estimate of drug-likeness (QED) is 0.421. The molecular weight excluding hydrogens is 330 g/mol. The van der Waals surface area contributed by atoms with E-state index >= 15 is 0 Å². The second-order valence-electron chi connectivity index (χ2n) is 4.07. The zero-order chi connectivity index (χ0) is 14.5. The van der Waals surface area contributed by atoms with Crippen molar-refractivity contribution in [1.29, 1.82) is 0 Å². The molecule has 0 bridgehead atoms. The number of nitro groups is 1. The molecule has 0 unspecified atom stereocenters. The van der Waals surface area contributed by atoms with Crippen LogP contribution in [0.15, 0.2) is 27.5 Å². The van der Waals surface area contributed by atoms with Crippen LogP contribution in [0.5, 0.6) is 0 Å². The van der Waals surface area contributed by atoms with Gasteiger partial charge in [0.25, 0.3) is 5.69 Å². The summed E-state index contributed by atoms with van der Waals surface area (Å²) in [5, 5.41) is 20.0. The average molecular weight is 342 g/mol. The van der Waals surface area contributed by atoms with Crippen LogP contribution >= 0.6 is 15.9 Å². The van der Waals surface area contributed by atoms with Crippen molar-refractivity contribution in [3.05, 3.63) is 49.1 Å². The summed E-state index contributed by atoms with van der Waals surface area (Å²) in [4.78, 5) is 23.8. The molecule has 0 aliphatic rings. The fraction of sp³-hybridized carbons (Fsp3) is 0.273. The number of nitrogens with zero attached hydrogens (tertiary/aromatic N) is 2. The summed E-state index contributed by atoms with van der Waals surface area (Å²) in [6.45, 7) is 0.534. The zero-order valence-corrected chi connectivity index (χ0v) is 11.9. The number of nitro benzene ring substituents is 1. The number of anilines is 1. The number of hydrogen-bond donors (Lipinski definition) is 3. The van der Waals surface area contributed by atoms with Crippen LogP contribution in [0.4, 0.5) is 11.4 Å². The Hall–Kier alpha value is -2.16. The van der Waals surface area contributed by atoms with Crippen molar-refractivity contribution < 1.29 is 4.92 Å². The van der Waals surface area contributed by atoms with Gasteiger partial charge in [0.1, 0.15) is 11.5 Å². The number of aryl methyl sites for hydroxylation is 1. The van der Waals surface area contributed by atoms with Gasteiger partial charge in [0.2, 0.25) is 0 Å². The maximum absolute atomic E-state index is 10.9. The molecule has 0 saturated heterocycles. The summed E-state index contributed by atoms with van der Waals surface area (Å²) in [6.07, 6.45) is 1.26. The topological polar surface area (TPSA) is 117 Å². The minimum atomic E-state index is -0.431. The van der Waals surface area contributed by atoms with Gasteiger partial charge < -0.3 is 5.32 Å². The largest absolute Gasteiger partial charge is 0.379 e. The molecule has 0 spiro atoms. The van der Waals surface area contributed by atoms with Gasteiger partial charge in [-0.3, -0.25) is 15.1 Å². The zero-order valence-electron chi connectivity index (χ0n) is 10.4. The second kappa shape index (κ2) is 6.33. The number of benzene rings is 1. The van der Waals surface area contributed by atoms with E-state index in [1.165, 1.54) is 6.07 Å². The number of hydrogen-bond acceptors (Lipinski definition) is 5. The lowest BCUT2D eigenvalue weighted by molar-refractivity contribution is -0.384. The van der Waals surface area contributed by atoms with Gasteiger partial charge in [0, 0.05) is 23.5 Å². The van der Waals surface area contributed by atoms with Crippen LogP contribution in [0, 0.1) is 10.1 Å². The number of aromatic nitrogens is 3. The standard InChI is InChI=1S/C11H12BrN5O3/c12-7-3-4-9(17(19)20)8(6-7)13-5-1-2-10-14-11(18)16-15-10/h3-4,6,13H,1-2,5H2,(H2,14,15,16,18). The number of nitrogens with one attached hydrogen (secondary N) is 3. The lowest BCUT2D eigenvalue weighted by Crippen LogP contribution is -2.06. The first kappa shape index (κ1) is 14.3. The minimum Gasteiger partial charge on any atom is -0.379 e. The molecule has 20 heavy (non-hydrogen) atoms. The van der Waals surface area contributed by atoms with Crippen molar-refractivity contribution in [2.75, 3.05) is 11.9 Å². The molecule has 0 aliphatic heterocycles. The number of rotatable bonds is 6. The van der Waals surface area contributed by atoms with Gasteiger partial charge in [0.15, 0.2) is 0 Å². The lowest BCUT2D eigenvalue weighted by atomic mass is 10.2. The molecule has 106 valence electrons. The Morgan fingerprint density at radius 3 is 2.90 bits per heavy atom. The predicted molar refractivity (Wildman–Crippen MR) is 76.8 cm³/mol. The fourth-order valence-electron chi connectivity index (χ4n) is 1.71. The Labute approximate surface area is 121 Å². The van der Waals surface area contributed by atoms with Gasteiger partial charge in [-0.25, -0.2) is 9.89 Å². The van der Waals surface area contributed by atoms with Crippen LogP contribution in [0.2, 0.25) is 0 Å². The minimum absolute atomic E-state index is 0.0291. The molecule has 1 aromatic heterocycles. The third-order valence-electron chi connectivity index (χ3n) is 2.61. The van der Waals surface area contributed by atoms with E-state index in [0.29, 0.717) is 30.9 Å². The van der Waals surface area contributed by atoms with Gasteiger partial charge >= 0.3 is 5.69 Å². The molecule has 1 heterocycles. The third kappa shape index (κ3) is 3.67. The van der Waals surface area contributed by atoms with Gasteiger partial charge in [0.05, 0.1) is 4.92 Å². The summed E-state index contributed by atoms with van der Waals surface area (Å²) in [5.74, 6) is 0.570. The van der Waals surface area contributed by atoms with Gasteiger partial charge in [-0.2, -0.15) is 5.10 Å². The summed E-state index contributed by atoms with van der Waals surface area (Å²) >= 11 is 3.28. The second-order valence-corrected chi connectivity index (χ2v) is 4.99. The summed E-state index contributed by atoms with van der Waals surface area (Å²) in [6, 6.07) is 4.73. The van der Waals surface area contributed by atoms with Crippen LogP contribution in [-0.4, -0.2) is 26.6 Å². The van der Waals surface area contributed by atoms with Crippen molar-refractivity contribution >= 4 is 27.3 Å². The highest BCUT2D eigenvalue weighted by molar-refractivity contribution is 9.10. The summed E-state index contributed by atoms with van der Waals surface area (Å²) < 4.78 is 0.766. The number of H-pyrrole nitrogens is 2. The molecule has 0 amide bonds. The Kier molecular flexibility index (Phi) is 4.51. The van der Waals surface area contributed by atoms with E-state index in [4.69, 9.17) is 0 Å².